The highest BCUT2D eigenvalue weighted by molar-refractivity contribution is 5.29. The number of aryl methyl sites for hydroxylation is 2. The third kappa shape index (κ3) is 2.53. The van der Waals surface area contributed by atoms with Gasteiger partial charge in [-0.1, -0.05) is 29.3 Å². The predicted octanol–water partition coefficient (Wildman–Crippen LogP) is 2.63. The zero-order valence-electron chi connectivity index (χ0n) is 11.0. The van der Waals surface area contributed by atoms with E-state index in [0.717, 1.165) is 19.4 Å². The van der Waals surface area contributed by atoms with E-state index in [1.165, 1.54) is 16.7 Å². The molecule has 0 aromatic heterocycles. The van der Waals surface area contributed by atoms with Crippen molar-refractivity contribution in [3.8, 4) is 0 Å². The molecule has 1 N–H and O–H groups in total. The van der Waals surface area contributed by atoms with Gasteiger partial charge in [0.15, 0.2) is 0 Å². The molecular weight excluding hydrogens is 212 g/mol. The summed E-state index contributed by atoms with van der Waals surface area (Å²) in [6, 6.07) is 6.62. The molecule has 0 radical (unpaired) electrons. The average Bonchev–Trinajstić information content (AvgIpc) is 2.59. The molecule has 1 aromatic rings. The molecule has 1 aliphatic heterocycles. The summed E-state index contributed by atoms with van der Waals surface area (Å²) in [5.41, 5.74) is 3.81. The van der Waals surface area contributed by atoms with E-state index in [-0.39, 0.29) is 18.1 Å². The monoisotopic (exact) mass is 234 g/mol. The van der Waals surface area contributed by atoms with Gasteiger partial charge in [0, 0.05) is 12.0 Å². The molecule has 0 amide bonds. The van der Waals surface area contributed by atoms with Crippen molar-refractivity contribution in [1.82, 2.24) is 0 Å². The van der Waals surface area contributed by atoms with Crippen LogP contribution in [0.25, 0.3) is 0 Å². The van der Waals surface area contributed by atoms with Gasteiger partial charge in [0.2, 0.25) is 0 Å². The van der Waals surface area contributed by atoms with Crippen molar-refractivity contribution in [1.29, 1.82) is 0 Å². The molecule has 0 aliphatic carbocycles. The molecule has 1 heterocycles. The van der Waals surface area contributed by atoms with Crippen LogP contribution in [0.15, 0.2) is 18.2 Å². The summed E-state index contributed by atoms with van der Waals surface area (Å²) < 4.78 is 5.63. The number of rotatable bonds is 3. The largest absolute Gasteiger partial charge is 0.396 e. The van der Waals surface area contributed by atoms with Crippen molar-refractivity contribution in [3.05, 3.63) is 34.9 Å². The molecule has 2 nitrogen and oxygen atoms in total. The maximum absolute atomic E-state index is 9.71. The van der Waals surface area contributed by atoms with Crippen LogP contribution in [0.5, 0.6) is 0 Å². The third-order valence-corrected chi connectivity index (χ3v) is 3.98. The fourth-order valence-corrected chi connectivity index (χ4v) is 2.89. The molecule has 1 aliphatic rings. The zero-order valence-corrected chi connectivity index (χ0v) is 11.0. The van der Waals surface area contributed by atoms with Gasteiger partial charge in [0.05, 0.1) is 12.7 Å². The third-order valence-electron chi connectivity index (χ3n) is 3.98. The summed E-state index contributed by atoms with van der Waals surface area (Å²) in [4.78, 5) is 0. The van der Waals surface area contributed by atoms with Crippen molar-refractivity contribution < 1.29 is 9.84 Å². The van der Waals surface area contributed by atoms with Crippen LogP contribution in [0.2, 0.25) is 0 Å². The van der Waals surface area contributed by atoms with Crippen molar-refractivity contribution in [2.75, 3.05) is 13.2 Å². The van der Waals surface area contributed by atoms with Gasteiger partial charge in [0.25, 0.3) is 0 Å². The van der Waals surface area contributed by atoms with Gasteiger partial charge in [0.1, 0.15) is 0 Å². The van der Waals surface area contributed by atoms with E-state index in [1.807, 2.05) is 0 Å². The van der Waals surface area contributed by atoms with Crippen molar-refractivity contribution in [3.63, 3.8) is 0 Å². The van der Waals surface area contributed by atoms with E-state index in [9.17, 15) is 5.11 Å². The van der Waals surface area contributed by atoms with E-state index in [4.69, 9.17) is 4.74 Å². The van der Waals surface area contributed by atoms with Gasteiger partial charge in [-0.2, -0.15) is 0 Å². The van der Waals surface area contributed by atoms with E-state index in [2.05, 4.69) is 39.0 Å². The first-order valence-electron chi connectivity index (χ1n) is 6.35. The van der Waals surface area contributed by atoms with Crippen LogP contribution in [0, 0.1) is 19.3 Å². The average molecular weight is 234 g/mol. The lowest BCUT2D eigenvalue weighted by Gasteiger charge is -2.30. The van der Waals surface area contributed by atoms with Crippen LogP contribution in [0.1, 0.15) is 30.0 Å². The Morgan fingerprint density at radius 2 is 1.94 bits per heavy atom. The second kappa shape index (κ2) is 4.79. The Morgan fingerprint density at radius 1 is 1.29 bits per heavy atom. The summed E-state index contributed by atoms with van der Waals surface area (Å²) in [7, 11) is 0. The van der Waals surface area contributed by atoms with Crippen LogP contribution in [-0.2, 0) is 11.2 Å². The molecule has 1 aromatic carbocycles. The number of benzene rings is 1. The first-order valence-corrected chi connectivity index (χ1v) is 6.35. The Labute approximate surface area is 104 Å². The summed E-state index contributed by atoms with van der Waals surface area (Å²) in [5.74, 6) is 0. The highest BCUT2D eigenvalue weighted by Gasteiger charge is 2.40. The lowest BCUT2D eigenvalue weighted by atomic mass is 9.77. The van der Waals surface area contributed by atoms with Gasteiger partial charge in [-0.25, -0.2) is 0 Å². The molecule has 0 saturated carbocycles. The summed E-state index contributed by atoms with van der Waals surface area (Å²) in [6.07, 6.45) is 2.01. The van der Waals surface area contributed by atoms with Gasteiger partial charge in [-0.05, 0) is 39.2 Å². The van der Waals surface area contributed by atoms with Crippen LogP contribution in [0.3, 0.4) is 0 Å². The fourth-order valence-electron chi connectivity index (χ4n) is 2.89. The van der Waals surface area contributed by atoms with E-state index < -0.39 is 0 Å². The Morgan fingerprint density at radius 3 is 2.41 bits per heavy atom. The molecule has 1 fully saturated rings. The maximum Gasteiger partial charge on any atom is 0.0629 e. The normalized spacial score (nSPS) is 28.6. The quantitative estimate of drug-likeness (QED) is 0.871. The van der Waals surface area contributed by atoms with Crippen LogP contribution < -0.4 is 0 Å². The lowest BCUT2D eigenvalue weighted by molar-refractivity contribution is 0.0272. The second-order valence-electron chi connectivity index (χ2n) is 5.46. The minimum Gasteiger partial charge on any atom is -0.396 e. The zero-order chi connectivity index (χ0) is 12.5. The number of hydrogen-bond donors (Lipinski definition) is 1. The highest BCUT2D eigenvalue weighted by atomic mass is 16.5. The van der Waals surface area contributed by atoms with Crippen molar-refractivity contribution >= 4 is 0 Å². The summed E-state index contributed by atoms with van der Waals surface area (Å²) in [5, 5.41) is 9.71. The molecule has 17 heavy (non-hydrogen) atoms. The molecule has 0 spiro atoms. The number of aliphatic hydroxyl groups excluding tert-OH is 1. The molecular formula is C15H22O2. The SMILES string of the molecule is Cc1cc(C)cc(CC2(CO)CCOC2C)c1. The van der Waals surface area contributed by atoms with E-state index in [0.29, 0.717) is 0 Å². The fraction of sp³-hybridized carbons (Fsp3) is 0.600. The topological polar surface area (TPSA) is 29.5 Å². The van der Waals surface area contributed by atoms with Crippen LogP contribution >= 0.6 is 0 Å². The summed E-state index contributed by atoms with van der Waals surface area (Å²) >= 11 is 0. The van der Waals surface area contributed by atoms with E-state index >= 15 is 0 Å². The summed E-state index contributed by atoms with van der Waals surface area (Å²) in [6.45, 7) is 7.30. The predicted molar refractivity (Wildman–Crippen MR) is 69.2 cm³/mol. The smallest absolute Gasteiger partial charge is 0.0629 e. The highest BCUT2D eigenvalue weighted by Crippen LogP contribution is 2.38. The molecule has 2 atom stereocenters. The first kappa shape index (κ1) is 12.6. The second-order valence-corrected chi connectivity index (χ2v) is 5.46. The number of aliphatic hydroxyl groups is 1. The Bertz CT molecular complexity index is 380. The van der Waals surface area contributed by atoms with Gasteiger partial charge in [-0.3, -0.25) is 0 Å². The molecule has 0 bridgehead atoms. The van der Waals surface area contributed by atoms with E-state index in [1.54, 1.807) is 0 Å². The van der Waals surface area contributed by atoms with Crippen molar-refractivity contribution in [2.24, 2.45) is 5.41 Å². The van der Waals surface area contributed by atoms with Gasteiger partial charge in [-0.15, -0.1) is 0 Å². The Hall–Kier alpha value is -0.860. The van der Waals surface area contributed by atoms with Gasteiger partial charge >= 0.3 is 0 Å². The molecule has 2 rings (SSSR count). The minimum atomic E-state index is -0.0831. The number of ether oxygens (including phenoxy) is 1. The minimum absolute atomic E-state index is 0.0831. The molecule has 2 unspecified atom stereocenters. The lowest BCUT2D eigenvalue weighted by Crippen LogP contribution is -2.35. The molecule has 1 saturated heterocycles. The molecule has 94 valence electrons. The first-order chi connectivity index (χ1) is 8.05. The van der Waals surface area contributed by atoms with Crippen molar-refractivity contribution in [2.45, 2.75) is 39.7 Å². The van der Waals surface area contributed by atoms with Crippen LogP contribution in [0.4, 0.5) is 0 Å². The number of hydrogen-bond acceptors (Lipinski definition) is 2. The Kier molecular flexibility index (Phi) is 3.55. The standard InChI is InChI=1S/C15H22O2/c1-11-6-12(2)8-14(7-11)9-15(10-16)4-5-17-13(15)3/h6-8,13,16H,4-5,9-10H2,1-3H3. The molecule has 2 heteroatoms. The maximum atomic E-state index is 9.71. The Balaban J connectivity index is 2.24. The van der Waals surface area contributed by atoms with Crippen LogP contribution in [-0.4, -0.2) is 24.4 Å². The van der Waals surface area contributed by atoms with Gasteiger partial charge < -0.3 is 9.84 Å².